The molecule has 9 atom stereocenters. The summed E-state index contributed by atoms with van der Waals surface area (Å²) in [5, 5.41) is 22.1. The van der Waals surface area contributed by atoms with Crippen LogP contribution in [0.5, 0.6) is 0 Å². The second kappa shape index (κ2) is 14.4. The van der Waals surface area contributed by atoms with Gasteiger partial charge in [0.2, 0.25) is 0 Å². The van der Waals surface area contributed by atoms with Gasteiger partial charge in [-0.3, -0.25) is 24.3 Å². The van der Waals surface area contributed by atoms with Crippen molar-refractivity contribution in [1.29, 1.82) is 0 Å². The molecule has 1 aromatic rings. The number of nitrogens with two attached hydrogens (primary N) is 1. The first-order valence-electron chi connectivity index (χ1n) is 20.9. The molecule has 54 heavy (non-hydrogen) atoms. The molecule has 1 heterocycles. The molecule has 6 rings (SSSR count). The number of carbonyl (C=O) groups is 3. The number of fused-ring (bicyclic) bond motifs is 7. The minimum Gasteiger partial charge on any atom is -0.481 e. The summed E-state index contributed by atoms with van der Waals surface area (Å²) in [7, 11) is 0. The highest BCUT2D eigenvalue weighted by molar-refractivity contribution is 6.00. The average molecular weight is 748 g/mol. The van der Waals surface area contributed by atoms with Crippen molar-refractivity contribution < 1.29 is 29.3 Å². The van der Waals surface area contributed by atoms with Crippen molar-refractivity contribution >= 4 is 17.7 Å². The number of ether oxygens (including phenoxy) is 1. The molecular formula is C45H69N3O6. The summed E-state index contributed by atoms with van der Waals surface area (Å²) in [6.45, 7) is 21.9. The quantitative estimate of drug-likeness (QED) is 0.184. The van der Waals surface area contributed by atoms with Crippen LogP contribution in [0.2, 0.25) is 0 Å². The topological polar surface area (TPSA) is 143 Å². The van der Waals surface area contributed by atoms with E-state index in [1.54, 1.807) is 20.0 Å². The summed E-state index contributed by atoms with van der Waals surface area (Å²) in [6.07, 6.45) is 10.7. The third-order valence-electron chi connectivity index (χ3n) is 16.5. The van der Waals surface area contributed by atoms with Crippen LogP contribution in [0.3, 0.4) is 0 Å². The number of hydrogen-bond donors (Lipinski definition) is 3. The second-order valence-electron chi connectivity index (χ2n) is 20.5. The lowest BCUT2D eigenvalue weighted by Gasteiger charge is -2.72. The molecule has 0 radical (unpaired) electrons. The van der Waals surface area contributed by atoms with Crippen molar-refractivity contribution in [3.8, 4) is 0 Å². The standard InChI is InChI=1S/C45H69N3O6/c1-28(2)37-31(49)23-45(34(50)27-48(22-20-46)26-29-11-10-21-47-25-29)19-18-43(8)30(38(37)45)12-13-33-42(7)16-15-35(54-36(51)24-40(3,4)39(52)53)41(5,6)32(42)14-17-44(33,43)9/h10-11,21,25,28,30,32-35,50H,12-20,22-24,26-27,46H2,1-9H3,(H,52,53). The Balaban J connectivity index is 1.29. The minimum atomic E-state index is -1.17. The molecule has 1 aromatic heterocycles. The van der Waals surface area contributed by atoms with Crippen molar-refractivity contribution in [2.45, 2.75) is 145 Å². The van der Waals surface area contributed by atoms with E-state index in [4.69, 9.17) is 10.5 Å². The number of hydrogen-bond acceptors (Lipinski definition) is 8. The molecule has 0 amide bonds. The van der Waals surface area contributed by atoms with Gasteiger partial charge in [-0.15, -0.1) is 0 Å². The number of aliphatic hydroxyl groups excluding tert-OH is 1. The van der Waals surface area contributed by atoms with E-state index in [0.717, 1.165) is 62.5 Å². The van der Waals surface area contributed by atoms with E-state index >= 15 is 0 Å². The normalized spacial score (nSPS) is 36.6. The van der Waals surface area contributed by atoms with Crippen LogP contribution in [0.4, 0.5) is 0 Å². The fourth-order valence-electron chi connectivity index (χ4n) is 13.5. The molecule has 5 aliphatic carbocycles. The Morgan fingerprint density at radius 3 is 2.37 bits per heavy atom. The molecule has 4 N–H and O–H groups in total. The van der Waals surface area contributed by atoms with Crippen LogP contribution in [0.25, 0.3) is 0 Å². The van der Waals surface area contributed by atoms with Gasteiger partial charge in [-0.1, -0.05) is 60.1 Å². The number of carboxylic acids is 1. The molecule has 4 fully saturated rings. The molecule has 4 saturated carbocycles. The molecule has 0 aromatic carbocycles. The number of rotatable bonds is 12. The van der Waals surface area contributed by atoms with Gasteiger partial charge in [0, 0.05) is 55.8 Å². The van der Waals surface area contributed by atoms with E-state index in [1.165, 1.54) is 5.57 Å². The first-order chi connectivity index (χ1) is 25.2. The number of carboxylic acid groups (broad SMARTS) is 1. The van der Waals surface area contributed by atoms with Gasteiger partial charge in [0.05, 0.1) is 17.9 Å². The van der Waals surface area contributed by atoms with E-state index in [0.29, 0.717) is 44.4 Å². The van der Waals surface area contributed by atoms with Crippen LogP contribution >= 0.6 is 0 Å². The highest BCUT2D eigenvalue weighted by atomic mass is 16.5. The SMILES string of the molecule is CC(C)C1=C2C3CCC4C5(C)CCC(OC(=O)CC(C)(C)C(=O)O)C(C)(C)C5CCC4(C)C3(C)CCC2(C(O)CN(CCN)Cc2cccnc2)CC1=O. The lowest BCUT2D eigenvalue weighted by molar-refractivity contribution is -0.235. The monoisotopic (exact) mass is 748 g/mol. The van der Waals surface area contributed by atoms with Gasteiger partial charge in [0.1, 0.15) is 6.10 Å². The van der Waals surface area contributed by atoms with Gasteiger partial charge in [-0.2, -0.15) is 0 Å². The number of ketones is 1. The van der Waals surface area contributed by atoms with Crippen molar-refractivity contribution in [3.63, 3.8) is 0 Å². The largest absolute Gasteiger partial charge is 0.481 e. The number of nitrogens with zero attached hydrogens (tertiary/aromatic N) is 2. The molecule has 0 saturated heterocycles. The summed E-state index contributed by atoms with van der Waals surface area (Å²) in [4.78, 5) is 45.6. The van der Waals surface area contributed by atoms with Crippen LogP contribution in [0, 0.1) is 56.2 Å². The van der Waals surface area contributed by atoms with E-state index in [-0.39, 0.29) is 51.8 Å². The molecule has 0 bridgehead atoms. The molecule has 9 nitrogen and oxygen atoms in total. The van der Waals surface area contributed by atoms with E-state index in [2.05, 4.69) is 64.4 Å². The predicted octanol–water partition coefficient (Wildman–Crippen LogP) is 7.60. The van der Waals surface area contributed by atoms with E-state index in [1.807, 2.05) is 12.3 Å². The molecule has 9 heteroatoms. The Kier molecular flexibility index (Phi) is 10.9. The third-order valence-corrected chi connectivity index (χ3v) is 16.5. The maximum atomic E-state index is 14.2. The smallest absolute Gasteiger partial charge is 0.309 e. The van der Waals surface area contributed by atoms with Gasteiger partial charge in [-0.05, 0) is 122 Å². The zero-order valence-corrected chi connectivity index (χ0v) is 34.7. The maximum Gasteiger partial charge on any atom is 0.309 e. The number of esters is 1. The summed E-state index contributed by atoms with van der Waals surface area (Å²) in [5.74, 6) is -0.0248. The minimum absolute atomic E-state index is 0.0320. The highest BCUT2D eigenvalue weighted by Crippen LogP contribution is 2.77. The summed E-state index contributed by atoms with van der Waals surface area (Å²) in [5.41, 5.74) is 7.52. The Bertz CT molecular complexity index is 1640. The fraction of sp³-hybridized carbons (Fsp3) is 0.778. The van der Waals surface area contributed by atoms with Gasteiger partial charge < -0.3 is 20.7 Å². The van der Waals surface area contributed by atoms with Gasteiger partial charge in [-0.25, -0.2) is 0 Å². The van der Waals surface area contributed by atoms with E-state index < -0.39 is 28.9 Å². The summed E-state index contributed by atoms with van der Waals surface area (Å²) >= 11 is 0. The summed E-state index contributed by atoms with van der Waals surface area (Å²) in [6, 6.07) is 4.00. The number of Topliss-reactive ketones (excluding diaryl/α,β-unsaturated/α-hetero) is 1. The Morgan fingerprint density at radius 2 is 1.74 bits per heavy atom. The van der Waals surface area contributed by atoms with Crippen molar-refractivity contribution in [3.05, 3.63) is 41.2 Å². The zero-order valence-electron chi connectivity index (χ0n) is 34.7. The molecule has 5 aliphatic rings. The Labute approximate surface area is 324 Å². The van der Waals surface area contributed by atoms with E-state index in [9.17, 15) is 24.6 Å². The lowest BCUT2D eigenvalue weighted by Crippen LogP contribution is -2.66. The Hall–Kier alpha value is -2.62. The molecule has 9 unspecified atom stereocenters. The fourth-order valence-corrected chi connectivity index (χ4v) is 13.5. The zero-order chi connectivity index (χ0) is 39.6. The predicted molar refractivity (Wildman–Crippen MR) is 210 cm³/mol. The highest BCUT2D eigenvalue weighted by Gasteiger charge is 2.70. The summed E-state index contributed by atoms with van der Waals surface area (Å²) < 4.78 is 6.18. The van der Waals surface area contributed by atoms with Crippen molar-refractivity contribution in [2.75, 3.05) is 19.6 Å². The van der Waals surface area contributed by atoms with Crippen molar-refractivity contribution in [2.24, 2.45) is 61.9 Å². The van der Waals surface area contributed by atoms with Gasteiger partial charge in [0.15, 0.2) is 5.78 Å². The number of carbonyl (C=O) groups excluding carboxylic acids is 2. The average Bonchev–Trinajstić information content (AvgIpc) is 3.40. The number of pyridine rings is 1. The molecule has 300 valence electrons. The molecular weight excluding hydrogens is 679 g/mol. The maximum absolute atomic E-state index is 14.2. The van der Waals surface area contributed by atoms with Crippen LogP contribution in [-0.2, 0) is 25.7 Å². The Morgan fingerprint density at radius 1 is 1.02 bits per heavy atom. The first-order valence-corrected chi connectivity index (χ1v) is 20.9. The lowest BCUT2D eigenvalue weighted by atomic mass is 9.33. The van der Waals surface area contributed by atoms with Crippen LogP contribution in [-0.4, -0.2) is 69.7 Å². The van der Waals surface area contributed by atoms with Crippen LogP contribution in [0.1, 0.15) is 132 Å². The van der Waals surface area contributed by atoms with Crippen molar-refractivity contribution in [1.82, 2.24) is 9.88 Å². The van der Waals surface area contributed by atoms with Crippen LogP contribution in [0.15, 0.2) is 35.7 Å². The number of allylic oxidation sites excluding steroid dienone is 1. The van der Waals surface area contributed by atoms with Crippen LogP contribution < -0.4 is 5.73 Å². The molecule has 0 spiro atoms. The number of aliphatic hydroxyl groups is 1. The number of aliphatic carboxylic acids is 1. The van der Waals surface area contributed by atoms with Gasteiger partial charge in [0.25, 0.3) is 0 Å². The first kappa shape index (κ1) is 41.0. The second-order valence-corrected chi connectivity index (χ2v) is 20.5. The van der Waals surface area contributed by atoms with Gasteiger partial charge >= 0.3 is 11.9 Å². The molecule has 0 aliphatic heterocycles. The number of aromatic nitrogens is 1. The third kappa shape index (κ3) is 6.50.